The van der Waals surface area contributed by atoms with Gasteiger partial charge in [0.15, 0.2) is 0 Å². The van der Waals surface area contributed by atoms with Gasteiger partial charge in [0.1, 0.15) is 0 Å². The Labute approximate surface area is 113 Å². The molecule has 0 bridgehead atoms. The van der Waals surface area contributed by atoms with Crippen LogP contribution in [0.3, 0.4) is 0 Å². The molecule has 1 aliphatic carbocycles. The molecule has 2 N–H and O–H groups in total. The van der Waals surface area contributed by atoms with Crippen molar-refractivity contribution in [3.8, 4) is 0 Å². The lowest BCUT2D eigenvalue weighted by Gasteiger charge is -2.28. The van der Waals surface area contributed by atoms with Crippen LogP contribution in [0.1, 0.15) is 25.7 Å². The van der Waals surface area contributed by atoms with Crippen molar-refractivity contribution in [2.75, 3.05) is 12.8 Å². The number of thioether (sulfide) groups is 1. The van der Waals surface area contributed by atoms with E-state index in [9.17, 15) is 5.11 Å². The van der Waals surface area contributed by atoms with Crippen LogP contribution in [-0.2, 0) is 6.54 Å². The molecule has 1 aromatic heterocycles. The Bertz CT molecular complexity index is 323. The van der Waals surface area contributed by atoms with Crippen molar-refractivity contribution in [2.45, 2.75) is 49.6 Å². The number of aliphatic hydroxyl groups excluding tert-OH is 1. The molecule has 1 unspecified atom stereocenters. The van der Waals surface area contributed by atoms with Crippen LogP contribution in [0.2, 0.25) is 0 Å². The largest absolute Gasteiger partial charge is 0.390 e. The predicted octanol–water partition coefficient (Wildman–Crippen LogP) is 1.51. The van der Waals surface area contributed by atoms with Gasteiger partial charge in [-0.15, -0.1) is 0 Å². The van der Waals surface area contributed by atoms with E-state index >= 15 is 0 Å². The van der Waals surface area contributed by atoms with Crippen molar-refractivity contribution in [3.05, 3.63) is 18.5 Å². The first-order valence-corrected chi connectivity index (χ1v) is 7.98. The molecule has 1 aromatic rings. The van der Waals surface area contributed by atoms with E-state index in [1.165, 1.54) is 25.7 Å². The average Bonchev–Trinajstić information content (AvgIpc) is 2.90. The summed E-state index contributed by atoms with van der Waals surface area (Å²) in [5.41, 5.74) is 0. The SMILES string of the molecule is CSC1CCC(NCC(O)Cn2cccn2)CC1. The Hall–Kier alpha value is -0.520. The molecule has 1 saturated carbocycles. The summed E-state index contributed by atoms with van der Waals surface area (Å²) in [5.74, 6) is 0. The molecule has 0 spiro atoms. The molecule has 1 heterocycles. The topological polar surface area (TPSA) is 50.1 Å². The Balaban J connectivity index is 1.63. The first-order valence-electron chi connectivity index (χ1n) is 6.69. The van der Waals surface area contributed by atoms with Gasteiger partial charge in [-0.2, -0.15) is 16.9 Å². The second-order valence-corrected chi connectivity index (χ2v) is 6.14. The minimum atomic E-state index is -0.358. The third-order valence-electron chi connectivity index (χ3n) is 3.61. The van der Waals surface area contributed by atoms with Crippen molar-refractivity contribution < 1.29 is 5.11 Å². The molecule has 4 nitrogen and oxygen atoms in total. The highest BCUT2D eigenvalue weighted by molar-refractivity contribution is 7.99. The molecular formula is C13H23N3OS. The molecule has 5 heteroatoms. The normalized spacial score (nSPS) is 26.1. The summed E-state index contributed by atoms with van der Waals surface area (Å²) >= 11 is 1.99. The molecule has 102 valence electrons. The zero-order chi connectivity index (χ0) is 12.8. The van der Waals surface area contributed by atoms with E-state index < -0.39 is 0 Å². The summed E-state index contributed by atoms with van der Waals surface area (Å²) in [7, 11) is 0. The number of aliphatic hydroxyl groups is 1. The number of nitrogens with zero attached hydrogens (tertiary/aromatic N) is 2. The minimum absolute atomic E-state index is 0.358. The third kappa shape index (κ3) is 4.30. The van der Waals surface area contributed by atoms with Gasteiger partial charge in [-0.25, -0.2) is 0 Å². The molecule has 18 heavy (non-hydrogen) atoms. The number of rotatable bonds is 6. The van der Waals surface area contributed by atoms with E-state index in [4.69, 9.17) is 0 Å². The number of hydrogen-bond acceptors (Lipinski definition) is 4. The fourth-order valence-corrected chi connectivity index (χ4v) is 3.24. The van der Waals surface area contributed by atoms with E-state index in [0.29, 0.717) is 19.1 Å². The maximum absolute atomic E-state index is 9.92. The molecule has 0 saturated heterocycles. The highest BCUT2D eigenvalue weighted by atomic mass is 32.2. The number of hydrogen-bond donors (Lipinski definition) is 2. The summed E-state index contributed by atoms with van der Waals surface area (Å²) in [6.07, 6.45) is 10.5. The Morgan fingerprint density at radius 2 is 2.22 bits per heavy atom. The molecule has 2 rings (SSSR count). The van der Waals surface area contributed by atoms with Crippen LogP contribution in [0.5, 0.6) is 0 Å². The maximum atomic E-state index is 9.92. The van der Waals surface area contributed by atoms with Crippen molar-refractivity contribution in [1.29, 1.82) is 0 Å². The number of nitrogens with one attached hydrogen (secondary N) is 1. The Morgan fingerprint density at radius 3 is 2.83 bits per heavy atom. The zero-order valence-electron chi connectivity index (χ0n) is 11.0. The molecule has 0 radical (unpaired) electrons. The molecule has 1 aliphatic rings. The van der Waals surface area contributed by atoms with Gasteiger partial charge in [-0.05, 0) is 38.0 Å². The lowest BCUT2D eigenvalue weighted by molar-refractivity contribution is 0.140. The van der Waals surface area contributed by atoms with Gasteiger partial charge in [0.2, 0.25) is 0 Å². The first kappa shape index (κ1) is 13.9. The molecule has 1 fully saturated rings. The smallest absolute Gasteiger partial charge is 0.0860 e. The zero-order valence-corrected chi connectivity index (χ0v) is 11.8. The minimum Gasteiger partial charge on any atom is -0.390 e. The van der Waals surface area contributed by atoms with Crippen LogP contribution in [0.4, 0.5) is 0 Å². The molecule has 0 aliphatic heterocycles. The monoisotopic (exact) mass is 269 g/mol. The fraction of sp³-hybridized carbons (Fsp3) is 0.769. The summed E-state index contributed by atoms with van der Waals surface area (Å²) in [6.45, 7) is 1.23. The van der Waals surface area contributed by atoms with Crippen LogP contribution in [-0.4, -0.2) is 45.1 Å². The maximum Gasteiger partial charge on any atom is 0.0860 e. The van der Waals surface area contributed by atoms with Gasteiger partial charge in [-0.3, -0.25) is 4.68 Å². The summed E-state index contributed by atoms with van der Waals surface area (Å²) in [4.78, 5) is 0. The summed E-state index contributed by atoms with van der Waals surface area (Å²) in [6, 6.07) is 2.46. The van der Waals surface area contributed by atoms with E-state index in [1.807, 2.05) is 24.0 Å². The van der Waals surface area contributed by atoms with Gasteiger partial charge in [0, 0.05) is 30.2 Å². The van der Waals surface area contributed by atoms with Crippen molar-refractivity contribution in [2.24, 2.45) is 0 Å². The average molecular weight is 269 g/mol. The summed E-state index contributed by atoms with van der Waals surface area (Å²) in [5, 5.41) is 18.3. The Morgan fingerprint density at radius 1 is 1.44 bits per heavy atom. The molecular weight excluding hydrogens is 246 g/mol. The molecule has 1 atom stereocenters. The van der Waals surface area contributed by atoms with E-state index in [0.717, 1.165) is 5.25 Å². The third-order valence-corrected chi connectivity index (χ3v) is 4.74. The van der Waals surface area contributed by atoms with Crippen LogP contribution in [0.15, 0.2) is 18.5 Å². The van der Waals surface area contributed by atoms with Crippen LogP contribution < -0.4 is 5.32 Å². The van der Waals surface area contributed by atoms with Crippen molar-refractivity contribution in [1.82, 2.24) is 15.1 Å². The van der Waals surface area contributed by atoms with E-state index in [1.54, 1.807) is 10.9 Å². The highest BCUT2D eigenvalue weighted by Gasteiger charge is 2.20. The van der Waals surface area contributed by atoms with Gasteiger partial charge in [0.25, 0.3) is 0 Å². The van der Waals surface area contributed by atoms with Crippen molar-refractivity contribution >= 4 is 11.8 Å². The highest BCUT2D eigenvalue weighted by Crippen LogP contribution is 2.26. The van der Waals surface area contributed by atoms with Gasteiger partial charge >= 0.3 is 0 Å². The van der Waals surface area contributed by atoms with Gasteiger partial charge in [0.05, 0.1) is 12.6 Å². The Kier molecular flexibility index (Phi) is 5.53. The van der Waals surface area contributed by atoms with Gasteiger partial charge < -0.3 is 10.4 Å². The second-order valence-electron chi connectivity index (χ2n) is 5.00. The second kappa shape index (κ2) is 7.16. The molecule has 0 aromatic carbocycles. The fourth-order valence-electron chi connectivity index (χ4n) is 2.49. The lowest BCUT2D eigenvalue weighted by atomic mass is 9.95. The van der Waals surface area contributed by atoms with Crippen LogP contribution >= 0.6 is 11.8 Å². The first-order chi connectivity index (χ1) is 8.78. The lowest BCUT2D eigenvalue weighted by Crippen LogP contribution is -2.39. The molecule has 0 amide bonds. The number of aromatic nitrogens is 2. The quantitative estimate of drug-likeness (QED) is 0.822. The van der Waals surface area contributed by atoms with E-state index in [-0.39, 0.29) is 6.10 Å². The predicted molar refractivity (Wildman–Crippen MR) is 75.8 cm³/mol. The van der Waals surface area contributed by atoms with Gasteiger partial charge in [-0.1, -0.05) is 0 Å². The standard InChI is InChI=1S/C13H23N3OS/c1-18-13-5-3-11(4-6-13)14-9-12(17)10-16-8-2-7-15-16/h2,7-8,11-14,17H,3-6,9-10H2,1H3. The van der Waals surface area contributed by atoms with Crippen LogP contribution in [0, 0.1) is 0 Å². The summed E-state index contributed by atoms with van der Waals surface area (Å²) < 4.78 is 1.77. The van der Waals surface area contributed by atoms with Crippen molar-refractivity contribution in [3.63, 3.8) is 0 Å². The van der Waals surface area contributed by atoms with E-state index in [2.05, 4.69) is 16.7 Å². The van der Waals surface area contributed by atoms with Crippen LogP contribution in [0.25, 0.3) is 0 Å².